The van der Waals surface area contributed by atoms with Crippen molar-refractivity contribution in [2.75, 3.05) is 44.9 Å². The van der Waals surface area contributed by atoms with Crippen molar-refractivity contribution in [3.8, 4) is 5.75 Å². The molecule has 0 aliphatic carbocycles. The largest absolute Gasteiger partial charge is 0.494 e. The van der Waals surface area contributed by atoms with Gasteiger partial charge in [-0.05, 0) is 87.0 Å². The number of hydrogen-bond acceptors (Lipinski definition) is 7. The lowest BCUT2D eigenvalue weighted by Gasteiger charge is -2.35. The SMILES string of the molecule is CCOc1ccc2c(c1)CC(NCCCCO)C(=O)N2c1ccc([C@@H](OC)[C@H](C)/C=C/CC(=O)N2CCC[C@H]2CO)cc1. The van der Waals surface area contributed by atoms with Crippen LogP contribution in [0.5, 0.6) is 5.75 Å². The van der Waals surface area contributed by atoms with E-state index in [4.69, 9.17) is 14.6 Å². The van der Waals surface area contributed by atoms with Gasteiger partial charge in [0.2, 0.25) is 11.8 Å². The Bertz CT molecular complexity index is 1230. The van der Waals surface area contributed by atoms with Crippen molar-refractivity contribution in [1.82, 2.24) is 10.2 Å². The average molecular weight is 594 g/mol. The van der Waals surface area contributed by atoms with E-state index >= 15 is 0 Å². The van der Waals surface area contributed by atoms with Crippen molar-refractivity contribution >= 4 is 23.2 Å². The van der Waals surface area contributed by atoms with Crippen molar-refractivity contribution in [1.29, 1.82) is 0 Å². The number of nitrogens with zero attached hydrogens (tertiary/aromatic N) is 2. The highest BCUT2D eigenvalue weighted by atomic mass is 16.5. The monoisotopic (exact) mass is 593 g/mol. The number of ether oxygens (including phenoxy) is 2. The first kappa shape index (κ1) is 32.7. The molecule has 2 heterocycles. The fourth-order valence-electron chi connectivity index (χ4n) is 6.14. The molecule has 0 bridgehead atoms. The Hall–Kier alpha value is -3.24. The van der Waals surface area contributed by atoms with Crippen LogP contribution < -0.4 is 15.0 Å². The lowest BCUT2D eigenvalue weighted by molar-refractivity contribution is -0.131. The van der Waals surface area contributed by atoms with E-state index in [2.05, 4.69) is 12.2 Å². The summed E-state index contributed by atoms with van der Waals surface area (Å²) in [4.78, 5) is 30.0. The molecule has 1 saturated heterocycles. The van der Waals surface area contributed by atoms with E-state index < -0.39 is 0 Å². The summed E-state index contributed by atoms with van der Waals surface area (Å²) in [7, 11) is 1.68. The molecule has 2 aliphatic heterocycles. The number of benzene rings is 2. The Morgan fingerprint density at radius 2 is 1.95 bits per heavy atom. The van der Waals surface area contributed by atoms with Crippen molar-refractivity contribution in [3.05, 3.63) is 65.7 Å². The van der Waals surface area contributed by atoms with Crippen LogP contribution in [0.1, 0.15) is 63.2 Å². The Morgan fingerprint density at radius 3 is 2.65 bits per heavy atom. The second-order valence-electron chi connectivity index (χ2n) is 11.3. The summed E-state index contributed by atoms with van der Waals surface area (Å²) in [6, 6.07) is 13.3. The fourth-order valence-corrected chi connectivity index (χ4v) is 6.14. The van der Waals surface area contributed by atoms with Gasteiger partial charge in [-0.2, -0.15) is 0 Å². The number of amides is 2. The molecule has 9 heteroatoms. The topological polar surface area (TPSA) is 112 Å². The molecule has 9 nitrogen and oxygen atoms in total. The fraction of sp³-hybridized carbons (Fsp3) is 0.529. The number of anilines is 2. The zero-order valence-corrected chi connectivity index (χ0v) is 25.7. The van der Waals surface area contributed by atoms with Gasteiger partial charge in [-0.1, -0.05) is 31.2 Å². The third kappa shape index (κ3) is 8.03. The number of likely N-dealkylation sites (tertiary alicyclic amines) is 1. The zero-order valence-electron chi connectivity index (χ0n) is 25.7. The molecule has 0 saturated carbocycles. The number of unbranched alkanes of at least 4 members (excludes halogenated alkanes) is 1. The van der Waals surface area contributed by atoms with Gasteiger partial charge in [0.1, 0.15) is 5.75 Å². The molecular weight excluding hydrogens is 546 g/mol. The Balaban J connectivity index is 1.49. The molecule has 4 atom stereocenters. The first-order chi connectivity index (χ1) is 20.9. The number of methoxy groups -OCH3 is 1. The molecule has 1 fully saturated rings. The predicted octanol–water partition coefficient (Wildman–Crippen LogP) is 4.29. The lowest BCUT2D eigenvalue weighted by Crippen LogP contribution is -2.49. The summed E-state index contributed by atoms with van der Waals surface area (Å²) >= 11 is 0. The van der Waals surface area contributed by atoms with E-state index in [0.717, 1.165) is 47.5 Å². The zero-order chi connectivity index (χ0) is 30.8. The third-order valence-corrected chi connectivity index (χ3v) is 8.37. The van der Waals surface area contributed by atoms with Crippen LogP contribution in [0.15, 0.2) is 54.6 Å². The molecule has 234 valence electrons. The molecule has 0 aromatic heterocycles. The van der Waals surface area contributed by atoms with Gasteiger partial charge in [-0.25, -0.2) is 0 Å². The minimum atomic E-state index is -0.379. The number of nitrogens with one attached hydrogen (secondary N) is 1. The van der Waals surface area contributed by atoms with E-state index in [1.165, 1.54) is 0 Å². The van der Waals surface area contributed by atoms with Crippen LogP contribution >= 0.6 is 0 Å². The highest BCUT2D eigenvalue weighted by Gasteiger charge is 2.34. The van der Waals surface area contributed by atoms with Crippen LogP contribution in [-0.2, 0) is 20.7 Å². The van der Waals surface area contributed by atoms with Crippen LogP contribution in [0.25, 0.3) is 0 Å². The quantitative estimate of drug-likeness (QED) is 0.209. The van der Waals surface area contributed by atoms with Crippen LogP contribution in [0.3, 0.4) is 0 Å². The predicted molar refractivity (Wildman–Crippen MR) is 168 cm³/mol. The van der Waals surface area contributed by atoms with Crippen molar-refractivity contribution in [3.63, 3.8) is 0 Å². The maximum atomic E-state index is 13.8. The highest BCUT2D eigenvalue weighted by molar-refractivity contribution is 6.06. The van der Waals surface area contributed by atoms with Crippen molar-refractivity contribution < 1.29 is 29.3 Å². The molecule has 0 spiro atoms. The smallest absolute Gasteiger partial charge is 0.249 e. The van der Waals surface area contributed by atoms with Gasteiger partial charge >= 0.3 is 0 Å². The number of aliphatic hydroxyl groups excluding tert-OH is 2. The molecule has 43 heavy (non-hydrogen) atoms. The van der Waals surface area contributed by atoms with Gasteiger partial charge in [0.25, 0.3) is 0 Å². The maximum absolute atomic E-state index is 13.8. The summed E-state index contributed by atoms with van der Waals surface area (Å²) in [5, 5.41) is 22.1. The number of carbonyl (C=O) groups excluding carboxylic acids is 2. The van der Waals surface area contributed by atoms with Gasteiger partial charge < -0.3 is 29.9 Å². The molecule has 3 N–H and O–H groups in total. The first-order valence-electron chi connectivity index (χ1n) is 15.5. The van der Waals surface area contributed by atoms with Crippen molar-refractivity contribution in [2.45, 2.75) is 70.6 Å². The third-order valence-electron chi connectivity index (χ3n) is 8.37. The number of fused-ring (bicyclic) bond motifs is 1. The second kappa shape index (κ2) is 16.0. The van der Waals surface area contributed by atoms with Crippen LogP contribution in [-0.4, -0.2) is 79.0 Å². The summed E-state index contributed by atoms with van der Waals surface area (Å²) in [6.45, 7) is 6.08. The molecule has 2 aromatic rings. The first-order valence-corrected chi connectivity index (χ1v) is 15.5. The minimum absolute atomic E-state index is 0.0118. The normalized spacial score (nSPS) is 20.0. The molecular formula is C34H47N3O6. The molecule has 1 unspecified atom stereocenters. The van der Waals surface area contributed by atoms with E-state index in [-0.39, 0.29) is 49.1 Å². The number of hydrogen-bond donors (Lipinski definition) is 3. The van der Waals surface area contributed by atoms with Gasteiger partial charge in [0.05, 0.1) is 37.1 Å². The van der Waals surface area contributed by atoms with Crippen LogP contribution in [0.4, 0.5) is 11.4 Å². The minimum Gasteiger partial charge on any atom is -0.494 e. The van der Waals surface area contributed by atoms with Gasteiger partial charge in [0.15, 0.2) is 0 Å². The van der Waals surface area contributed by atoms with E-state index in [9.17, 15) is 14.7 Å². The summed E-state index contributed by atoms with van der Waals surface area (Å²) in [6.07, 6.45) is 7.82. The molecule has 2 amide bonds. The molecule has 4 rings (SSSR count). The summed E-state index contributed by atoms with van der Waals surface area (Å²) in [5.74, 6) is 0.821. The van der Waals surface area contributed by atoms with Crippen LogP contribution in [0, 0.1) is 5.92 Å². The Labute approximate surface area is 255 Å². The van der Waals surface area contributed by atoms with Crippen LogP contribution in [0.2, 0.25) is 0 Å². The summed E-state index contributed by atoms with van der Waals surface area (Å²) in [5.41, 5.74) is 3.63. The van der Waals surface area contributed by atoms with Crippen molar-refractivity contribution in [2.24, 2.45) is 5.92 Å². The van der Waals surface area contributed by atoms with E-state index in [1.54, 1.807) is 16.9 Å². The number of aliphatic hydroxyl groups is 2. The highest BCUT2D eigenvalue weighted by Crippen LogP contribution is 2.37. The maximum Gasteiger partial charge on any atom is 0.249 e. The average Bonchev–Trinajstić information content (AvgIpc) is 3.50. The van der Waals surface area contributed by atoms with Gasteiger partial charge in [-0.15, -0.1) is 0 Å². The number of rotatable bonds is 15. The number of carbonyl (C=O) groups is 2. The second-order valence-corrected chi connectivity index (χ2v) is 11.3. The standard InChI is InChI=1S/C34H47N3O6/c1-4-43-29-16-17-31-26(21-29)22-30(35-18-5-6-20-38)34(41)37(31)27-14-12-25(13-15-27)33(42-3)24(2)9-7-11-32(40)36-19-8-10-28(36)23-39/h7,9,12-17,21,24,28,30,33,35,38-39H,4-6,8,10-11,18-20,22-23H2,1-3H3/b9-7+/t24-,28+,30?,33+/m1/s1. The van der Waals surface area contributed by atoms with Gasteiger partial charge in [0, 0.05) is 38.3 Å². The lowest BCUT2D eigenvalue weighted by atomic mass is 9.94. The summed E-state index contributed by atoms with van der Waals surface area (Å²) < 4.78 is 11.6. The molecule has 0 radical (unpaired) electrons. The molecule has 2 aliphatic rings. The molecule has 2 aromatic carbocycles. The van der Waals surface area contributed by atoms with E-state index in [0.29, 0.717) is 39.0 Å². The van der Waals surface area contributed by atoms with E-state index in [1.807, 2.05) is 61.5 Å². The Kier molecular flexibility index (Phi) is 12.2. The van der Waals surface area contributed by atoms with Gasteiger partial charge in [-0.3, -0.25) is 14.5 Å². The Morgan fingerprint density at radius 1 is 1.16 bits per heavy atom.